The number of hydrogen-bond donors (Lipinski definition) is 2. The fraction of sp³-hybridized carbons (Fsp3) is 0.120. The average Bonchev–Trinajstić information content (AvgIpc) is 3.45. The predicted molar refractivity (Wildman–Crippen MR) is 118 cm³/mol. The summed E-state index contributed by atoms with van der Waals surface area (Å²) in [6.45, 7) is 1.14. The number of urea groups is 1. The third-order valence-corrected chi connectivity index (χ3v) is 5.64. The first-order valence-corrected chi connectivity index (χ1v) is 10.2. The van der Waals surface area contributed by atoms with E-state index in [1.165, 1.54) is 6.07 Å². The number of carbonyl (C=O) groups excluding carboxylic acids is 1. The number of benzene rings is 3. The number of amides is 2. The third kappa shape index (κ3) is 3.57. The second kappa shape index (κ2) is 8.07. The Morgan fingerprint density at radius 3 is 2.32 bits per heavy atom. The van der Waals surface area contributed by atoms with Crippen LogP contribution in [0.15, 0.2) is 85.1 Å². The third-order valence-electron chi connectivity index (χ3n) is 5.64. The molecule has 2 N–H and O–H groups in total. The second-order valence-electron chi connectivity index (χ2n) is 7.50. The second-order valence-corrected chi connectivity index (χ2v) is 7.50. The largest absolute Gasteiger partial charge is 0.336 e. The summed E-state index contributed by atoms with van der Waals surface area (Å²) >= 11 is 0. The number of H-pyrrole nitrogens is 1. The number of aromatic nitrogens is 2. The van der Waals surface area contributed by atoms with Gasteiger partial charge in [0.15, 0.2) is 0 Å². The molecule has 1 fully saturated rings. The number of hydrogen-bond acceptors (Lipinski definition) is 2. The summed E-state index contributed by atoms with van der Waals surface area (Å²) in [5, 5.41) is 10.0. The van der Waals surface area contributed by atoms with Crippen LogP contribution in [-0.4, -0.2) is 34.2 Å². The summed E-state index contributed by atoms with van der Waals surface area (Å²) in [7, 11) is 0. The van der Waals surface area contributed by atoms with Crippen molar-refractivity contribution < 1.29 is 9.18 Å². The van der Waals surface area contributed by atoms with Crippen molar-refractivity contribution in [2.75, 3.05) is 13.1 Å². The first-order chi connectivity index (χ1) is 15.2. The first kappa shape index (κ1) is 19.1. The molecule has 1 aliphatic heterocycles. The summed E-state index contributed by atoms with van der Waals surface area (Å²) in [5.41, 5.74) is 4.93. The Morgan fingerprint density at radius 1 is 0.903 bits per heavy atom. The zero-order valence-corrected chi connectivity index (χ0v) is 16.8. The zero-order valence-electron chi connectivity index (χ0n) is 16.8. The van der Waals surface area contributed by atoms with Crippen molar-refractivity contribution in [1.29, 1.82) is 0 Å². The van der Waals surface area contributed by atoms with Gasteiger partial charge in [-0.2, -0.15) is 5.10 Å². The van der Waals surface area contributed by atoms with E-state index in [1.54, 1.807) is 29.3 Å². The highest BCUT2D eigenvalue weighted by molar-refractivity contribution is 5.78. The van der Waals surface area contributed by atoms with Crippen LogP contribution in [0.25, 0.3) is 22.4 Å². The molecule has 5 rings (SSSR count). The summed E-state index contributed by atoms with van der Waals surface area (Å²) in [5.74, 6) is -0.336. The van der Waals surface area contributed by atoms with Gasteiger partial charge in [0, 0.05) is 24.2 Å². The number of nitrogens with zero attached hydrogens (tertiary/aromatic N) is 2. The van der Waals surface area contributed by atoms with Crippen molar-refractivity contribution in [1.82, 2.24) is 20.4 Å². The first-order valence-electron chi connectivity index (χ1n) is 10.2. The zero-order chi connectivity index (χ0) is 21.2. The fourth-order valence-electron chi connectivity index (χ4n) is 4.13. The molecular formula is C25H21FN4O. The number of aromatic amines is 1. The van der Waals surface area contributed by atoms with Gasteiger partial charge in [0.1, 0.15) is 5.82 Å². The monoisotopic (exact) mass is 412 g/mol. The highest BCUT2D eigenvalue weighted by Crippen LogP contribution is 2.36. The van der Waals surface area contributed by atoms with Crippen molar-refractivity contribution >= 4 is 6.03 Å². The van der Waals surface area contributed by atoms with Gasteiger partial charge in [0.25, 0.3) is 0 Å². The van der Waals surface area contributed by atoms with Gasteiger partial charge in [0.2, 0.25) is 0 Å². The predicted octanol–water partition coefficient (Wildman–Crippen LogP) is 5.00. The molecule has 31 heavy (non-hydrogen) atoms. The van der Waals surface area contributed by atoms with Crippen LogP contribution >= 0.6 is 0 Å². The van der Waals surface area contributed by atoms with E-state index in [0.29, 0.717) is 24.3 Å². The molecule has 0 spiro atoms. The van der Waals surface area contributed by atoms with Crippen molar-refractivity contribution in [2.24, 2.45) is 0 Å². The van der Waals surface area contributed by atoms with Crippen LogP contribution in [-0.2, 0) is 0 Å². The van der Waals surface area contributed by atoms with E-state index in [9.17, 15) is 9.18 Å². The van der Waals surface area contributed by atoms with Crippen LogP contribution in [0.4, 0.5) is 9.18 Å². The maximum atomic E-state index is 14.6. The van der Waals surface area contributed by atoms with Crippen LogP contribution in [0.5, 0.6) is 0 Å². The maximum absolute atomic E-state index is 14.6. The Bertz CT molecular complexity index is 1200. The summed E-state index contributed by atoms with van der Waals surface area (Å²) in [4.78, 5) is 14.4. The lowest BCUT2D eigenvalue weighted by molar-refractivity contribution is 0.207. The molecule has 2 amide bonds. The number of rotatable bonds is 5. The molecule has 1 atom stereocenters. The molecule has 2 heterocycles. The van der Waals surface area contributed by atoms with Crippen LogP contribution < -0.4 is 5.32 Å². The van der Waals surface area contributed by atoms with Gasteiger partial charge >= 0.3 is 6.03 Å². The molecule has 154 valence electrons. The molecule has 5 nitrogen and oxygen atoms in total. The van der Waals surface area contributed by atoms with Gasteiger partial charge in [0.05, 0.1) is 17.9 Å². The Labute approximate surface area is 179 Å². The molecule has 1 aliphatic rings. The summed E-state index contributed by atoms with van der Waals surface area (Å²) in [6, 6.07) is 24.3. The average molecular weight is 412 g/mol. The molecule has 1 aromatic heterocycles. The molecule has 3 aromatic carbocycles. The topological polar surface area (TPSA) is 61.0 Å². The van der Waals surface area contributed by atoms with E-state index in [4.69, 9.17) is 0 Å². The van der Waals surface area contributed by atoms with E-state index < -0.39 is 0 Å². The minimum atomic E-state index is -0.388. The molecule has 1 saturated heterocycles. The van der Waals surface area contributed by atoms with Crippen molar-refractivity contribution in [3.8, 4) is 22.4 Å². The lowest BCUT2D eigenvalue weighted by Crippen LogP contribution is -2.33. The standard InChI is InChI=1S/C25H21FN4O/c26-22-9-5-4-8-20(22)23-21(16-28-29-23)24(30-15-14-27-25(30)31)19-12-10-18(11-13-19)17-6-2-1-3-7-17/h1-13,16,24H,14-15H2,(H,27,31)(H,28,29). The van der Waals surface area contributed by atoms with Gasteiger partial charge < -0.3 is 10.2 Å². The van der Waals surface area contributed by atoms with Crippen molar-refractivity contribution in [3.05, 3.63) is 102 Å². The van der Waals surface area contributed by atoms with Gasteiger partial charge in [-0.3, -0.25) is 5.10 Å². The number of halogens is 1. The fourth-order valence-corrected chi connectivity index (χ4v) is 4.13. The lowest BCUT2D eigenvalue weighted by atomic mass is 9.93. The van der Waals surface area contributed by atoms with Crippen LogP contribution in [0.2, 0.25) is 0 Å². The highest BCUT2D eigenvalue weighted by atomic mass is 19.1. The van der Waals surface area contributed by atoms with Gasteiger partial charge in [-0.15, -0.1) is 0 Å². The Balaban J connectivity index is 1.59. The molecule has 0 saturated carbocycles. The van der Waals surface area contributed by atoms with Gasteiger partial charge in [-0.1, -0.05) is 66.7 Å². The van der Waals surface area contributed by atoms with Crippen molar-refractivity contribution in [3.63, 3.8) is 0 Å². The van der Waals surface area contributed by atoms with Crippen LogP contribution in [0.1, 0.15) is 17.2 Å². The SMILES string of the molecule is O=C1NCCN1C(c1ccc(-c2ccccc2)cc1)c1cn[nH]c1-c1ccccc1F. The number of nitrogens with one attached hydrogen (secondary N) is 2. The summed E-state index contributed by atoms with van der Waals surface area (Å²) < 4.78 is 14.6. The Hall–Kier alpha value is -3.93. The lowest BCUT2D eigenvalue weighted by Gasteiger charge is -2.27. The maximum Gasteiger partial charge on any atom is 0.318 e. The molecule has 0 bridgehead atoms. The van der Waals surface area contributed by atoms with E-state index in [2.05, 4.69) is 39.8 Å². The van der Waals surface area contributed by atoms with Gasteiger partial charge in [-0.25, -0.2) is 9.18 Å². The molecule has 1 unspecified atom stereocenters. The van der Waals surface area contributed by atoms with E-state index in [1.807, 2.05) is 30.3 Å². The van der Waals surface area contributed by atoms with Crippen LogP contribution in [0, 0.1) is 5.82 Å². The van der Waals surface area contributed by atoms with Crippen LogP contribution in [0.3, 0.4) is 0 Å². The molecular weight excluding hydrogens is 391 g/mol. The smallest absolute Gasteiger partial charge is 0.318 e. The van der Waals surface area contributed by atoms with Gasteiger partial charge in [-0.05, 0) is 28.8 Å². The minimum Gasteiger partial charge on any atom is -0.336 e. The molecule has 0 aliphatic carbocycles. The van der Waals surface area contributed by atoms with E-state index in [-0.39, 0.29) is 17.9 Å². The Kier molecular flexibility index (Phi) is 4.96. The number of carbonyl (C=O) groups is 1. The minimum absolute atomic E-state index is 0.141. The Morgan fingerprint density at radius 2 is 1.61 bits per heavy atom. The summed E-state index contributed by atoms with van der Waals surface area (Å²) in [6.07, 6.45) is 1.68. The van der Waals surface area contributed by atoms with Crippen molar-refractivity contribution in [2.45, 2.75) is 6.04 Å². The molecule has 6 heteroatoms. The normalized spacial score (nSPS) is 14.5. The molecule has 0 radical (unpaired) electrons. The molecule has 4 aromatic rings. The van der Waals surface area contributed by atoms with E-state index >= 15 is 0 Å². The highest BCUT2D eigenvalue weighted by Gasteiger charge is 2.33. The van der Waals surface area contributed by atoms with E-state index in [0.717, 1.165) is 22.3 Å². The quantitative estimate of drug-likeness (QED) is 0.485.